The number of carbonyl (C=O) groups is 1. The molecule has 178 valence electrons. The van der Waals surface area contributed by atoms with Gasteiger partial charge in [0.1, 0.15) is 18.1 Å². The van der Waals surface area contributed by atoms with Crippen molar-refractivity contribution in [1.29, 1.82) is 0 Å². The van der Waals surface area contributed by atoms with E-state index >= 15 is 0 Å². The number of carbonyl (C=O) groups excluding carboxylic acids is 1. The molecule has 3 aromatic rings. The van der Waals surface area contributed by atoms with Gasteiger partial charge in [-0.05, 0) is 60.5 Å². The Morgan fingerprint density at radius 2 is 1.71 bits per heavy atom. The SMILES string of the molecule is CCCCOc1ccc(C=NNC(=O)CN(c2ccccc2F)S(=O)(=O)c2ccccc2)cc1. The Morgan fingerprint density at radius 1 is 1.03 bits per heavy atom. The fourth-order valence-electron chi connectivity index (χ4n) is 3.00. The zero-order valence-electron chi connectivity index (χ0n) is 18.7. The lowest BCUT2D eigenvalue weighted by molar-refractivity contribution is -0.119. The number of hydrogen-bond donors (Lipinski definition) is 1. The second kappa shape index (κ2) is 11.9. The third-order valence-electron chi connectivity index (χ3n) is 4.79. The first-order chi connectivity index (χ1) is 16.4. The number of benzene rings is 3. The predicted octanol–water partition coefficient (Wildman–Crippen LogP) is 4.35. The van der Waals surface area contributed by atoms with Gasteiger partial charge in [0, 0.05) is 0 Å². The number of nitrogens with one attached hydrogen (secondary N) is 1. The van der Waals surface area contributed by atoms with Crippen LogP contribution in [0.4, 0.5) is 10.1 Å². The van der Waals surface area contributed by atoms with Crippen LogP contribution in [0.3, 0.4) is 0 Å². The second-order valence-electron chi connectivity index (χ2n) is 7.34. The Balaban J connectivity index is 1.71. The van der Waals surface area contributed by atoms with Gasteiger partial charge in [0.25, 0.3) is 15.9 Å². The first-order valence-corrected chi connectivity index (χ1v) is 12.2. The molecule has 1 N–H and O–H groups in total. The molecular weight excluding hydrogens is 457 g/mol. The molecule has 0 aromatic heterocycles. The van der Waals surface area contributed by atoms with Gasteiger partial charge < -0.3 is 4.74 Å². The average molecular weight is 484 g/mol. The Hall–Kier alpha value is -3.72. The molecule has 3 rings (SSSR count). The molecule has 9 heteroatoms. The number of rotatable bonds is 11. The van der Waals surface area contributed by atoms with Crippen LogP contribution in [0, 0.1) is 5.82 Å². The highest BCUT2D eigenvalue weighted by Gasteiger charge is 2.28. The van der Waals surface area contributed by atoms with Crippen molar-refractivity contribution in [1.82, 2.24) is 5.43 Å². The smallest absolute Gasteiger partial charge is 0.264 e. The minimum absolute atomic E-state index is 0.0594. The van der Waals surface area contributed by atoms with Gasteiger partial charge in [-0.3, -0.25) is 9.10 Å². The van der Waals surface area contributed by atoms with Crippen molar-refractivity contribution in [2.24, 2.45) is 5.10 Å². The van der Waals surface area contributed by atoms with Crippen LogP contribution in [0.5, 0.6) is 5.75 Å². The summed E-state index contributed by atoms with van der Waals surface area (Å²) in [6.45, 7) is 2.08. The molecule has 3 aromatic carbocycles. The first-order valence-electron chi connectivity index (χ1n) is 10.8. The summed E-state index contributed by atoms with van der Waals surface area (Å²) in [5, 5.41) is 3.89. The fourth-order valence-corrected chi connectivity index (χ4v) is 4.45. The lowest BCUT2D eigenvalue weighted by atomic mass is 10.2. The summed E-state index contributed by atoms with van der Waals surface area (Å²) in [5.74, 6) is -0.751. The lowest BCUT2D eigenvalue weighted by Crippen LogP contribution is -2.40. The molecule has 0 aliphatic carbocycles. The third kappa shape index (κ3) is 6.64. The van der Waals surface area contributed by atoms with E-state index in [4.69, 9.17) is 4.74 Å². The van der Waals surface area contributed by atoms with Crippen LogP contribution in [-0.4, -0.2) is 33.7 Å². The molecule has 0 saturated heterocycles. The van der Waals surface area contributed by atoms with Crippen LogP contribution in [0.1, 0.15) is 25.3 Å². The molecule has 34 heavy (non-hydrogen) atoms. The maximum atomic E-state index is 14.5. The van der Waals surface area contributed by atoms with Gasteiger partial charge in [0.05, 0.1) is 23.4 Å². The summed E-state index contributed by atoms with van der Waals surface area (Å²) in [5.41, 5.74) is 2.78. The Kier molecular flexibility index (Phi) is 8.75. The Morgan fingerprint density at radius 3 is 2.38 bits per heavy atom. The molecule has 0 heterocycles. The highest BCUT2D eigenvalue weighted by molar-refractivity contribution is 7.92. The molecule has 0 unspecified atom stereocenters. The molecule has 0 bridgehead atoms. The third-order valence-corrected chi connectivity index (χ3v) is 6.56. The molecule has 1 amide bonds. The molecule has 0 aliphatic rings. The number of para-hydroxylation sites is 1. The summed E-state index contributed by atoms with van der Waals surface area (Å²) in [6.07, 6.45) is 3.44. The van der Waals surface area contributed by atoms with E-state index in [0.717, 1.165) is 29.0 Å². The number of anilines is 1. The number of hydrogen-bond acceptors (Lipinski definition) is 5. The van der Waals surface area contributed by atoms with Gasteiger partial charge in [-0.15, -0.1) is 0 Å². The van der Waals surface area contributed by atoms with Gasteiger partial charge in [0.2, 0.25) is 0 Å². The van der Waals surface area contributed by atoms with Gasteiger partial charge in [-0.2, -0.15) is 5.10 Å². The minimum Gasteiger partial charge on any atom is -0.494 e. The fraction of sp³-hybridized carbons (Fsp3) is 0.200. The number of hydrazone groups is 1. The summed E-state index contributed by atoms with van der Waals surface area (Å²) in [7, 11) is -4.20. The van der Waals surface area contributed by atoms with Crippen LogP contribution in [0.25, 0.3) is 0 Å². The van der Waals surface area contributed by atoms with Gasteiger partial charge in [-0.25, -0.2) is 18.2 Å². The van der Waals surface area contributed by atoms with Crippen molar-refractivity contribution in [3.63, 3.8) is 0 Å². The largest absolute Gasteiger partial charge is 0.494 e. The van der Waals surface area contributed by atoms with Crippen molar-refractivity contribution in [3.05, 3.63) is 90.2 Å². The normalized spacial score (nSPS) is 11.4. The van der Waals surface area contributed by atoms with Crippen LogP contribution in [-0.2, 0) is 14.8 Å². The summed E-state index contributed by atoms with van der Waals surface area (Å²) >= 11 is 0. The van der Waals surface area contributed by atoms with Crippen molar-refractivity contribution in [2.75, 3.05) is 17.5 Å². The monoisotopic (exact) mass is 483 g/mol. The zero-order chi connectivity index (χ0) is 24.4. The summed E-state index contributed by atoms with van der Waals surface area (Å²) < 4.78 is 47.1. The highest BCUT2D eigenvalue weighted by Crippen LogP contribution is 2.25. The number of unbranched alkanes of at least 4 members (excludes halogenated alkanes) is 1. The van der Waals surface area contributed by atoms with E-state index in [1.807, 2.05) is 0 Å². The number of ether oxygens (including phenoxy) is 1. The number of halogens is 1. The quantitative estimate of drug-likeness (QED) is 0.250. The molecule has 7 nitrogen and oxygen atoms in total. The van der Waals surface area contributed by atoms with Gasteiger partial charge in [-0.1, -0.05) is 43.7 Å². The molecule has 0 aliphatic heterocycles. The Bertz CT molecular complexity index is 1220. The van der Waals surface area contributed by atoms with E-state index in [-0.39, 0.29) is 10.6 Å². The van der Waals surface area contributed by atoms with Crippen molar-refractivity contribution in [3.8, 4) is 5.75 Å². The molecule has 0 fully saturated rings. The van der Waals surface area contributed by atoms with E-state index in [9.17, 15) is 17.6 Å². The highest BCUT2D eigenvalue weighted by atomic mass is 32.2. The van der Waals surface area contributed by atoms with Crippen molar-refractivity contribution in [2.45, 2.75) is 24.7 Å². The maximum absolute atomic E-state index is 14.5. The lowest BCUT2D eigenvalue weighted by Gasteiger charge is -2.24. The van der Waals surface area contributed by atoms with Gasteiger partial charge >= 0.3 is 0 Å². The maximum Gasteiger partial charge on any atom is 0.264 e. The minimum atomic E-state index is -4.20. The van der Waals surface area contributed by atoms with E-state index in [1.165, 1.54) is 36.5 Å². The topological polar surface area (TPSA) is 88.1 Å². The van der Waals surface area contributed by atoms with Crippen LogP contribution in [0.2, 0.25) is 0 Å². The zero-order valence-corrected chi connectivity index (χ0v) is 19.5. The number of nitrogens with zero attached hydrogens (tertiary/aromatic N) is 2. The van der Waals surface area contributed by atoms with Crippen molar-refractivity contribution < 1.29 is 22.3 Å². The molecule has 0 spiro atoms. The van der Waals surface area contributed by atoms with E-state index in [1.54, 1.807) is 42.5 Å². The number of amides is 1. The first kappa shape index (κ1) is 24.9. The standard InChI is InChI=1S/C25H26FN3O4S/c1-2-3-17-33-21-15-13-20(14-16-21)18-27-28-25(30)19-29(24-12-8-7-11-23(24)26)34(31,32)22-9-5-4-6-10-22/h4-16,18H,2-3,17,19H2,1H3,(H,28,30). The van der Waals surface area contributed by atoms with E-state index in [0.29, 0.717) is 12.2 Å². The van der Waals surface area contributed by atoms with E-state index in [2.05, 4.69) is 17.5 Å². The number of sulfonamides is 1. The molecule has 0 radical (unpaired) electrons. The van der Waals surface area contributed by atoms with Crippen LogP contribution in [0.15, 0.2) is 88.9 Å². The molecule has 0 saturated carbocycles. The summed E-state index contributed by atoms with van der Waals surface area (Å²) in [6, 6.07) is 20.1. The summed E-state index contributed by atoms with van der Waals surface area (Å²) in [4.78, 5) is 12.5. The average Bonchev–Trinajstić information content (AvgIpc) is 2.85. The van der Waals surface area contributed by atoms with Crippen LogP contribution < -0.4 is 14.5 Å². The molecular formula is C25H26FN3O4S. The Labute approximate surface area is 198 Å². The molecule has 0 atom stereocenters. The van der Waals surface area contributed by atoms with Gasteiger partial charge in [0.15, 0.2) is 0 Å². The van der Waals surface area contributed by atoms with Crippen molar-refractivity contribution >= 4 is 27.8 Å². The van der Waals surface area contributed by atoms with E-state index < -0.39 is 28.3 Å². The second-order valence-corrected chi connectivity index (χ2v) is 9.20. The van der Waals surface area contributed by atoms with Crippen LogP contribution >= 0.6 is 0 Å². The predicted molar refractivity (Wildman–Crippen MR) is 130 cm³/mol.